The van der Waals surface area contributed by atoms with E-state index in [0.29, 0.717) is 12.6 Å². The lowest BCUT2D eigenvalue weighted by atomic mass is 10.0. The van der Waals surface area contributed by atoms with E-state index in [9.17, 15) is 0 Å². The molecule has 3 rings (SSSR count). The Hall–Kier alpha value is -1.85. The molecule has 1 aliphatic heterocycles. The van der Waals surface area contributed by atoms with Crippen LogP contribution in [-0.4, -0.2) is 29.7 Å². The second kappa shape index (κ2) is 7.36. The highest BCUT2D eigenvalue weighted by atomic mass is 35.5. The maximum absolute atomic E-state index is 6.57. The minimum Gasteiger partial charge on any atom is -0.379 e. The standard InChI is InChI=1S/C18H23ClN4O/c1-3-13-5-6-14(15(19)10-13)16-11-24-8-4-7-23(16)17-9-12(2)21-18(20)22-17/h5-6,9-10,16H,3-4,7-8,11H2,1-2H3,(H2,20,21,22). The van der Waals surface area contributed by atoms with Crippen LogP contribution in [-0.2, 0) is 11.2 Å². The first kappa shape index (κ1) is 17.0. The van der Waals surface area contributed by atoms with Crippen molar-refractivity contribution in [1.82, 2.24) is 9.97 Å². The van der Waals surface area contributed by atoms with E-state index in [0.717, 1.165) is 48.1 Å². The molecule has 0 spiro atoms. The first-order valence-electron chi connectivity index (χ1n) is 8.32. The van der Waals surface area contributed by atoms with E-state index in [2.05, 4.69) is 33.9 Å². The lowest BCUT2D eigenvalue weighted by Gasteiger charge is -2.31. The highest BCUT2D eigenvalue weighted by Gasteiger charge is 2.26. The van der Waals surface area contributed by atoms with Gasteiger partial charge in [-0.3, -0.25) is 0 Å². The van der Waals surface area contributed by atoms with Crippen LogP contribution < -0.4 is 10.6 Å². The number of hydrogen-bond donors (Lipinski definition) is 1. The summed E-state index contributed by atoms with van der Waals surface area (Å²) in [6.07, 6.45) is 1.90. The molecule has 0 saturated carbocycles. The first-order valence-corrected chi connectivity index (χ1v) is 8.70. The fourth-order valence-corrected chi connectivity index (χ4v) is 3.42. The molecule has 6 heteroatoms. The van der Waals surface area contributed by atoms with Gasteiger partial charge in [0.15, 0.2) is 0 Å². The lowest BCUT2D eigenvalue weighted by molar-refractivity contribution is 0.134. The Labute approximate surface area is 147 Å². The van der Waals surface area contributed by atoms with Crippen LogP contribution in [0.2, 0.25) is 5.02 Å². The third kappa shape index (κ3) is 3.62. The molecule has 1 saturated heterocycles. The van der Waals surface area contributed by atoms with Crippen LogP contribution >= 0.6 is 11.6 Å². The van der Waals surface area contributed by atoms with Crippen molar-refractivity contribution >= 4 is 23.4 Å². The summed E-state index contributed by atoms with van der Waals surface area (Å²) in [4.78, 5) is 10.8. The molecule has 1 fully saturated rings. The lowest BCUT2D eigenvalue weighted by Crippen LogP contribution is -2.32. The Morgan fingerprint density at radius 2 is 2.17 bits per heavy atom. The van der Waals surface area contributed by atoms with Crippen molar-refractivity contribution in [3.8, 4) is 0 Å². The van der Waals surface area contributed by atoms with Crippen LogP contribution in [0, 0.1) is 6.92 Å². The van der Waals surface area contributed by atoms with Gasteiger partial charge in [-0.1, -0.05) is 30.7 Å². The number of aryl methyl sites for hydroxylation is 2. The monoisotopic (exact) mass is 346 g/mol. The SMILES string of the molecule is CCc1ccc(C2COCCCN2c2cc(C)nc(N)n2)c(Cl)c1. The molecule has 1 aliphatic rings. The maximum Gasteiger partial charge on any atom is 0.222 e. The highest BCUT2D eigenvalue weighted by Crippen LogP contribution is 2.33. The predicted octanol–water partition coefficient (Wildman–Crippen LogP) is 3.55. The molecule has 1 aromatic carbocycles. The smallest absolute Gasteiger partial charge is 0.222 e. The largest absolute Gasteiger partial charge is 0.379 e. The zero-order valence-electron chi connectivity index (χ0n) is 14.1. The number of rotatable bonds is 3. The molecule has 1 unspecified atom stereocenters. The summed E-state index contributed by atoms with van der Waals surface area (Å²) in [6, 6.07) is 8.25. The van der Waals surface area contributed by atoms with Crippen LogP contribution in [0.25, 0.3) is 0 Å². The van der Waals surface area contributed by atoms with Crippen molar-refractivity contribution in [2.45, 2.75) is 32.7 Å². The Balaban J connectivity index is 2.01. The number of aromatic nitrogens is 2. The third-order valence-corrected chi connectivity index (χ3v) is 4.65. The molecule has 24 heavy (non-hydrogen) atoms. The fraction of sp³-hybridized carbons (Fsp3) is 0.444. The molecule has 0 radical (unpaired) electrons. The molecular formula is C18H23ClN4O. The van der Waals surface area contributed by atoms with Crippen molar-refractivity contribution < 1.29 is 4.74 Å². The topological polar surface area (TPSA) is 64.3 Å². The van der Waals surface area contributed by atoms with E-state index in [4.69, 9.17) is 22.1 Å². The van der Waals surface area contributed by atoms with Crippen LogP contribution in [0.4, 0.5) is 11.8 Å². The average Bonchev–Trinajstić information content (AvgIpc) is 2.79. The Morgan fingerprint density at radius 3 is 2.88 bits per heavy atom. The van der Waals surface area contributed by atoms with Gasteiger partial charge in [-0.05, 0) is 37.0 Å². The maximum atomic E-state index is 6.57. The normalized spacial score (nSPS) is 18.5. The van der Waals surface area contributed by atoms with Crippen molar-refractivity contribution in [3.63, 3.8) is 0 Å². The summed E-state index contributed by atoms with van der Waals surface area (Å²) in [5.41, 5.74) is 9.00. The second-order valence-electron chi connectivity index (χ2n) is 6.07. The molecule has 128 valence electrons. The summed E-state index contributed by atoms with van der Waals surface area (Å²) < 4.78 is 5.81. The molecule has 2 aromatic rings. The van der Waals surface area contributed by atoms with Crippen LogP contribution in [0.15, 0.2) is 24.3 Å². The summed E-state index contributed by atoms with van der Waals surface area (Å²) in [6.45, 7) is 6.20. The van der Waals surface area contributed by atoms with Crippen molar-refractivity contribution in [2.75, 3.05) is 30.4 Å². The third-order valence-electron chi connectivity index (χ3n) is 4.32. The van der Waals surface area contributed by atoms with E-state index >= 15 is 0 Å². The van der Waals surface area contributed by atoms with Gasteiger partial charge in [0.25, 0.3) is 0 Å². The second-order valence-corrected chi connectivity index (χ2v) is 6.48. The van der Waals surface area contributed by atoms with E-state index in [1.165, 1.54) is 5.56 Å². The number of nitrogen functional groups attached to an aromatic ring is 1. The first-order chi connectivity index (χ1) is 11.6. The van der Waals surface area contributed by atoms with Crippen LogP contribution in [0.1, 0.15) is 36.2 Å². The van der Waals surface area contributed by atoms with Gasteiger partial charge in [0.1, 0.15) is 5.82 Å². The molecule has 0 aliphatic carbocycles. The number of anilines is 2. The Bertz CT molecular complexity index is 702. The van der Waals surface area contributed by atoms with E-state index in [1.807, 2.05) is 19.1 Å². The summed E-state index contributed by atoms with van der Waals surface area (Å²) >= 11 is 6.57. The van der Waals surface area contributed by atoms with Gasteiger partial charge in [0.05, 0.1) is 12.6 Å². The average molecular weight is 347 g/mol. The zero-order chi connectivity index (χ0) is 17.1. The van der Waals surface area contributed by atoms with Gasteiger partial charge in [0.2, 0.25) is 5.95 Å². The summed E-state index contributed by atoms with van der Waals surface area (Å²) in [5.74, 6) is 1.12. The number of hydrogen-bond acceptors (Lipinski definition) is 5. The van der Waals surface area contributed by atoms with Crippen molar-refractivity contribution in [2.24, 2.45) is 0 Å². The zero-order valence-corrected chi connectivity index (χ0v) is 14.9. The minimum absolute atomic E-state index is 0.0135. The molecule has 1 atom stereocenters. The predicted molar refractivity (Wildman–Crippen MR) is 97.5 cm³/mol. The van der Waals surface area contributed by atoms with Gasteiger partial charge in [-0.15, -0.1) is 0 Å². The van der Waals surface area contributed by atoms with Crippen molar-refractivity contribution in [3.05, 3.63) is 46.1 Å². The molecule has 0 amide bonds. The van der Waals surface area contributed by atoms with Gasteiger partial charge in [-0.25, -0.2) is 4.98 Å². The number of benzene rings is 1. The number of halogens is 1. The van der Waals surface area contributed by atoms with Gasteiger partial charge in [0, 0.05) is 29.9 Å². The van der Waals surface area contributed by atoms with Crippen molar-refractivity contribution in [1.29, 1.82) is 0 Å². The molecule has 5 nitrogen and oxygen atoms in total. The quantitative estimate of drug-likeness (QED) is 0.920. The molecular weight excluding hydrogens is 324 g/mol. The number of nitrogens with two attached hydrogens (primary N) is 1. The minimum atomic E-state index is 0.0135. The van der Waals surface area contributed by atoms with E-state index < -0.39 is 0 Å². The van der Waals surface area contributed by atoms with Gasteiger partial charge in [-0.2, -0.15) is 4.98 Å². The Morgan fingerprint density at radius 1 is 1.33 bits per heavy atom. The van der Waals surface area contributed by atoms with E-state index in [-0.39, 0.29) is 6.04 Å². The van der Waals surface area contributed by atoms with Gasteiger partial charge >= 0.3 is 0 Å². The number of ether oxygens (including phenoxy) is 1. The van der Waals surface area contributed by atoms with E-state index in [1.54, 1.807) is 0 Å². The summed E-state index contributed by atoms with van der Waals surface area (Å²) in [5, 5.41) is 0.772. The fourth-order valence-electron chi connectivity index (χ4n) is 3.09. The van der Waals surface area contributed by atoms with Gasteiger partial charge < -0.3 is 15.4 Å². The molecule has 2 heterocycles. The number of nitrogens with zero attached hydrogens (tertiary/aromatic N) is 3. The van der Waals surface area contributed by atoms with Crippen LogP contribution in [0.3, 0.4) is 0 Å². The Kier molecular flexibility index (Phi) is 5.21. The molecule has 1 aromatic heterocycles. The molecule has 0 bridgehead atoms. The highest BCUT2D eigenvalue weighted by molar-refractivity contribution is 6.31. The summed E-state index contributed by atoms with van der Waals surface area (Å²) in [7, 11) is 0. The van der Waals surface area contributed by atoms with Crippen LogP contribution in [0.5, 0.6) is 0 Å². The molecule has 2 N–H and O–H groups in total.